The first-order valence-electron chi connectivity index (χ1n) is 9.53. The fraction of sp³-hybridized carbons (Fsp3) is 0.650. The average Bonchev–Trinajstić information content (AvgIpc) is 3.12. The van der Waals surface area contributed by atoms with Crippen molar-refractivity contribution in [3.05, 3.63) is 24.3 Å². The molecular weight excluding hydrogens is 332 g/mol. The van der Waals surface area contributed by atoms with Crippen LogP contribution in [0.25, 0.3) is 0 Å². The summed E-state index contributed by atoms with van der Waals surface area (Å²) in [6.07, 6.45) is 4.73. The number of rotatable bonds is 4. The molecule has 0 spiro atoms. The highest BCUT2D eigenvalue weighted by Crippen LogP contribution is 2.85. The SMILES string of the molecule is CSc1cccc(NC(=O)NCC2(O)C3C4CC5C6C4CC3C6C52)c1. The molecule has 0 aliphatic heterocycles. The highest BCUT2D eigenvalue weighted by molar-refractivity contribution is 7.98. The van der Waals surface area contributed by atoms with Crippen LogP contribution in [0, 0.1) is 47.3 Å². The van der Waals surface area contributed by atoms with E-state index in [-0.39, 0.29) is 6.03 Å². The van der Waals surface area contributed by atoms with E-state index in [1.807, 2.05) is 30.5 Å². The number of carbonyl (C=O) groups is 1. The van der Waals surface area contributed by atoms with Gasteiger partial charge in [-0.2, -0.15) is 0 Å². The first kappa shape index (κ1) is 14.9. The van der Waals surface area contributed by atoms with E-state index in [1.54, 1.807) is 11.8 Å². The van der Waals surface area contributed by atoms with Crippen molar-refractivity contribution in [1.82, 2.24) is 5.32 Å². The first-order chi connectivity index (χ1) is 12.1. The zero-order valence-electron chi connectivity index (χ0n) is 14.3. The van der Waals surface area contributed by atoms with Crippen molar-refractivity contribution in [2.45, 2.75) is 23.3 Å². The number of amides is 2. The fourth-order valence-corrected chi connectivity index (χ4v) is 8.52. The van der Waals surface area contributed by atoms with E-state index in [0.717, 1.165) is 46.1 Å². The lowest BCUT2D eigenvalue weighted by Crippen LogP contribution is -2.59. The molecule has 0 heterocycles. The van der Waals surface area contributed by atoms with Gasteiger partial charge >= 0.3 is 6.03 Å². The second-order valence-corrected chi connectivity index (χ2v) is 9.74. The van der Waals surface area contributed by atoms with Crippen LogP contribution in [0.1, 0.15) is 12.8 Å². The Morgan fingerprint density at radius 3 is 2.84 bits per heavy atom. The number of urea groups is 1. The Kier molecular flexibility index (Phi) is 2.83. The van der Waals surface area contributed by atoms with Gasteiger partial charge in [0.15, 0.2) is 0 Å². The van der Waals surface area contributed by atoms with Gasteiger partial charge in [0, 0.05) is 17.1 Å². The molecule has 6 rings (SSSR count). The monoisotopic (exact) mass is 356 g/mol. The molecule has 5 aliphatic carbocycles. The summed E-state index contributed by atoms with van der Waals surface area (Å²) in [7, 11) is 0. The van der Waals surface area contributed by atoms with Gasteiger partial charge in [0.05, 0.1) is 5.60 Å². The minimum atomic E-state index is -0.650. The maximum absolute atomic E-state index is 12.4. The van der Waals surface area contributed by atoms with E-state index in [4.69, 9.17) is 0 Å². The Bertz CT molecular complexity index is 764. The zero-order valence-corrected chi connectivity index (χ0v) is 15.1. The molecule has 25 heavy (non-hydrogen) atoms. The largest absolute Gasteiger partial charge is 0.387 e. The molecule has 5 saturated carbocycles. The summed E-state index contributed by atoms with van der Waals surface area (Å²) in [4.78, 5) is 13.5. The van der Waals surface area contributed by atoms with E-state index in [1.165, 1.54) is 12.8 Å². The number of hydrogen-bond donors (Lipinski definition) is 3. The first-order valence-corrected chi connectivity index (χ1v) is 10.8. The van der Waals surface area contributed by atoms with Crippen LogP contribution in [0.15, 0.2) is 29.2 Å². The highest BCUT2D eigenvalue weighted by Gasteiger charge is 2.84. The third-order valence-corrected chi connectivity index (χ3v) is 9.10. The third kappa shape index (κ3) is 1.67. The van der Waals surface area contributed by atoms with Gasteiger partial charge in [0.1, 0.15) is 0 Å². The quantitative estimate of drug-likeness (QED) is 0.727. The predicted octanol–water partition coefficient (Wildman–Crippen LogP) is 3.04. The van der Waals surface area contributed by atoms with E-state index >= 15 is 0 Å². The number of fused-ring (bicyclic) bond motifs is 2. The maximum Gasteiger partial charge on any atom is 0.319 e. The molecule has 4 nitrogen and oxygen atoms in total. The van der Waals surface area contributed by atoms with Crippen LogP contribution < -0.4 is 10.6 Å². The van der Waals surface area contributed by atoms with Gasteiger partial charge in [0.25, 0.3) is 0 Å². The summed E-state index contributed by atoms with van der Waals surface area (Å²) in [5.41, 5.74) is 0.152. The standard InChI is InChI=1S/C20H24N2O2S/c1-25-10-4-2-3-9(5-10)22-19(23)21-8-20(24)17-12-7-13-15-11(12)6-14(17)16(15)18(13)20/h2-5,11-18,24H,6-8H2,1H3,(H2,21,22,23). The van der Waals surface area contributed by atoms with Crippen LogP contribution in [0.3, 0.4) is 0 Å². The Morgan fingerprint density at radius 2 is 2.00 bits per heavy atom. The number of aliphatic hydroxyl groups is 1. The van der Waals surface area contributed by atoms with Crippen LogP contribution >= 0.6 is 11.8 Å². The second kappa shape index (κ2) is 4.74. The van der Waals surface area contributed by atoms with Gasteiger partial charge in [0.2, 0.25) is 0 Å². The average molecular weight is 356 g/mol. The maximum atomic E-state index is 12.4. The Hall–Kier alpha value is -1.20. The van der Waals surface area contributed by atoms with Crippen molar-refractivity contribution >= 4 is 23.5 Å². The topological polar surface area (TPSA) is 61.4 Å². The number of hydrogen-bond acceptors (Lipinski definition) is 3. The second-order valence-electron chi connectivity index (χ2n) is 8.86. The molecular formula is C20H24N2O2S. The molecule has 2 amide bonds. The van der Waals surface area contributed by atoms with Gasteiger partial charge in [-0.3, -0.25) is 0 Å². The van der Waals surface area contributed by atoms with Crippen LogP contribution in [-0.4, -0.2) is 29.5 Å². The molecule has 5 heteroatoms. The summed E-state index contributed by atoms with van der Waals surface area (Å²) in [6, 6.07) is 7.65. The molecule has 0 saturated heterocycles. The van der Waals surface area contributed by atoms with E-state index in [0.29, 0.717) is 18.4 Å². The van der Waals surface area contributed by atoms with Crippen LogP contribution in [0.5, 0.6) is 0 Å². The Morgan fingerprint density at radius 1 is 1.20 bits per heavy atom. The number of benzene rings is 1. The molecule has 0 aromatic heterocycles. The molecule has 9 unspecified atom stereocenters. The van der Waals surface area contributed by atoms with Crippen molar-refractivity contribution in [1.29, 1.82) is 0 Å². The summed E-state index contributed by atoms with van der Waals surface area (Å²) in [5.74, 6) is 5.73. The number of thioether (sulfide) groups is 1. The van der Waals surface area contributed by atoms with Crippen LogP contribution in [0.4, 0.5) is 10.5 Å². The molecule has 0 radical (unpaired) electrons. The molecule has 3 N–H and O–H groups in total. The van der Waals surface area contributed by atoms with Gasteiger partial charge in [-0.1, -0.05) is 6.07 Å². The van der Waals surface area contributed by atoms with E-state index in [2.05, 4.69) is 10.6 Å². The van der Waals surface area contributed by atoms with Crippen LogP contribution in [-0.2, 0) is 0 Å². The van der Waals surface area contributed by atoms with Gasteiger partial charge < -0.3 is 15.7 Å². The van der Waals surface area contributed by atoms with Crippen LogP contribution in [0.2, 0.25) is 0 Å². The molecule has 1 aromatic rings. The molecule has 2 bridgehead atoms. The fourth-order valence-electron chi connectivity index (χ4n) is 8.06. The lowest BCUT2D eigenvalue weighted by Gasteiger charge is -2.51. The summed E-state index contributed by atoms with van der Waals surface area (Å²) < 4.78 is 0. The lowest BCUT2D eigenvalue weighted by atomic mass is 9.56. The molecule has 1 aromatic carbocycles. The lowest BCUT2D eigenvalue weighted by molar-refractivity contribution is -0.126. The number of anilines is 1. The summed E-state index contributed by atoms with van der Waals surface area (Å²) in [5, 5.41) is 17.4. The van der Waals surface area contributed by atoms with Gasteiger partial charge in [-0.05, 0) is 84.6 Å². The van der Waals surface area contributed by atoms with Crippen molar-refractivity contribution in [2.24, 2.45) is 47.3 Å². The van der Waals surface area contributed by atoms with Crippen molar-refractivity contribution in [3.63, 3.8) is 0 Å². The van der Waals surface area contributed by atoms with Crippen molar-refractivity contribution < 1.29 is 9.90 Å². The predicted molar refractivity (Wildman–Crippen MR) is 97.3 cm³/mol. The highest BCUT2D eigenvalue weighted by atomic mass is 32.2. The number of nitrogens with one attached hydrogen (secondary N) is 2. The van der Waals surface area contributed by atoms with E-state index < -0.39 is 5.60 Å². The number of carbonyl (C=O) groups excluding carboxylic acids is 1. The van der Waals surface area contributed by atoms with E-state index in [9.17, 15) is 9.90 Å². The van der Waals surface area contributed by atoms with Crippen molar-refractivity contribution in [2.75, 3.05) is 18.1 Å². The Balaban J connectivity index is 1.16. The zero-order chi connectivity index (χ0) is 16.9. The molecule has 132 valence electrons. The normalized spacial score (nSPS) is 49.5. The molecule has 5 fully saturated rings. The third-order valence-electron chi connectivity index (χ3n) is 8.38. The van der Waals surface area contributed by atoms with Gasteiger partial charge in [-0.25, -0.2) is 4.79 Å². The minimum absolute atomic E-state index is 0.204. The molecule has 5 aliphatic rings. The van der Waals surface area contributed by atoms with Crippen molar-refractivity contribution in [3.8, 4) is 0 Å². The Labute approximate surface area is 152 Å². The van der Waals surface area contributed by atoms with Gasteiger partial charge in [-0.15, -0.1) is 11.8 Å². The minimum Gasteiger partial charge on any atom is -0.387 e. The smallest absolute Gasteiger partial charge is 0.319 e. The molecule has 9 atom stereocenters. The summed E-state index contributed by atoms with van der Waals surface area (Å²) >= 11 is 1.66. The summed E-state index contributed by atoms with van der Waals surface area (Å²) in [6.45, 7) is 0.413.